The summed E-state index contributed by atoms with van der Waals surface area (Å²) in [7, 11) is 0. The van der Waals surface area contributed by atoms with E-state index in [4.69, 9.17) is 4.98 Å². The van der Waals surface area contributed by atoms with Gasteiger partial charge in [-0.25, -0.2) is 4.98 Å². The van der Waals surface area contributed by atoms with Gasteiger partial charge in [-0.1, -0.05) is 12.1 Å². The number of aromatic nitrogens is 2. The van der Waals surface area contributed by atoms with Gasteiger partial charge in [0.2, 0.25) is 0 Å². The van der Waals surface area contributed by atoms with Crippen LogP contribution in [0.3, 0.4) is 0 Å². The van der Waals surface area contributed by atoms with E-state index in [-0.39, 0.29) is 0 Å². The minimum Gasteiger partial charge on any atom is -0.353 e. The first-order valence-corrected chi connectivity index (χ1v) is 7.32. The van der Waals surface area contributed by atoms with Crippen LogP contribution in [0.1, 0.15) is 0 Å². The van der Waals surface area contributed by atoms with Crippen molar-refractivity contribution >= 4 is 16.9 Å². The van der Waals surface area contributed by atoms with Gasteiger partial charge in [-0.05, 0) is 12.1 Å². The highest BCUT2D eigenvalue weighted by molar-refractivity contribution is 5.75. The van der Waals surface area contributed by atoms with Crippen molar-refractivity contribution in [1.29, 1.82) is 0 Å². The number of hydrogen-bond acceptors (Lipinski definition) is 5. The molecule has 0 unspecified atom stereocenters. The van der Waals surface area contributed by atoms with Gasteiger partial charge in [-0.2, -0.15) is 0 Å². The number of hydrogen-bond donors (Lipinski definition) is 1. The van der Waals surface area contributed by atoms with Crippen LogP contribution in [0.5, 0.6) is 0 Å². The summed E-state index contributed by atoms with van der Waals surface area (Å²) in [5, 5.41) is 3.34. The third-order valence-electron chi connectivity index (χ3n) is 4.35. The lowest BCUT2D eigenvalue weighted by Crippen LogP contribution is -2.61. The summed E-state index contributed by atoms with van der Waals surface area (Å²) in [6, 6.07) is 8.81. The molecular formula is C15H19N5. The van der Waals surface area contributed by atoms with Crippen molar-refractivity contribution in [3.63, 3.8) is 0 Å². The number of piperazine rings is 1. The molecule has 2 aromatic rings. The molecule has 2 aliphatic rings. The molecule has 0 spiro atoms. The van der Waals surface area contributed by atoms with Gasteiger partial charge in [-0.15, -0.1) is 0 Å². The number of para-hydroxylation sites is 2. The molecule has 5 nitrogen and oxygen atoms in total. The average molecular weight is 269 g/mol. The van der Waals surface area contributed by atoms with Crippen LogP contribution in [0.4, 0.5) is 5.82 Å². The van der Waals surface area contributed by atoms with Crippen LogP contribution in [0.2, 0.25) is 0 Å². The number of nitrogens with one attached hydrogen (secondary N) is 1. The van der Waals surface area contributed by atoms with Gasteiger partial charge in [0.25, 0.3) is 0 Å². The Kier molecular flexibility index (Phi) is 3.01. The molecule has 5 heteroatoms. The summed E-state index contributed by atoms with van der Waals surface area (Å²) in [6.45, 7) is 6.64. The van der Waals surface area contributed by atoms with Crippen molar-refractivity contribution in [2.45, 2.75) is 6.04 Å². The van der Waals surface area contributed by atoms with E-state index >= 15 is 0 Å². The van der Waals surface area contributed by atoms with Gasteiger partial charge in [-0.3, -0.25) is 9.88 Å². The Balaban J connectivity index is 1.49. The fraction of sp³-hybridized carbons (Fsp3) is 0.467. The number of rotatable bonds is 2. The monoisotopic (exact) mass is 269 g/mol. The Hall–Kier alpha value is -1.72. The van der Waals surface area contributed by atoms with Crippen LogP contribution in [-0.2, 0) is 0 Å². The van der Waals surface area contributed by atoms with Crippen molar-refractivity contribution in [3.05, 3.63) is 30.5 Å². The van der Waals surface area contributed by atoms with E-state index < -0.39 is 0 Å². The normalized spacial score (nSPS) is 21.1. The summed E-state index contributed by atoms with van der Waals surface area (Å²) >= 11 is 0. The summed E-state index contributed by atoms with van der Waals surface area (Å²) in [6.07, 6.45) is 1.91. The van der Waals surface area contributed by atoms with Crippen molar-refractivity contribution in [3.8, 4) is 0 Å². The molecule has 0 saturated carbocycles. The number of nitrogens with zero attached hydrogens (tertiary/aromatic N) is 4. The molecule has 2 aliphatic heterocycles. The van der Waals surface area contributed by atoms with E-state index in [1.165, 1.54) is 0 Å². The third kappa shape index (κ3) is 2.13. The quantitative estimate of drug-likeness (QED) is 0.870. The van der Waals surface area contributed by atoms with E-state index in [9.17, 15) is 0 Å². The first-order valence-electron chi connectivity index (χ1n) is 7.32. The van der Waals surface area contributed by atoms with Gasteiger partial charge >= 0.3 is 0 Å². The summed E-state index contributed by atoms with van der Waals surface area (Å²) in [5.41, 5.74) is 1.95. The van der Waals surface area contributed by atoms with Gasteiger partial charge in [0, 0.05) is 45.3 Å². The average Bonchev–Trinajstić information content (AvgIpc) is 2.46. The lowest BCUT2D eigenvalue weighted by atomic mass is 10.1. The van der Waals surface area contributed by atoms with E-state index in [1.807, 2.05) is 30.5 Å². The maximum Gasteiger partial charge on any atom is 0.147 e. The zero-order valence-electron chi connectivity index (χ0n) is 11.5. The molecule has 2 saturated heterocycles. The van der Waals surface area contributed by atoms with Crippen molar-refractivity contribution in [1.82, 2.24) is 20.2 Å². The topological polar surface area (TPSA) is 44.3 Å². The Morgan fingerprint density at radius 1 is 1.00 bits per heavy atom. The predicted molar refractivity (Wildman–Crippen MR) is 80.0 cm³/mol. The standard InChI is InChI=1S/C15H19N5/c1-2-4-14-13(3-1)17-11-15(18-14)20-7-5-19(6-8-20)12-9-16-10-12/h1-4,11-12,16H,5-10H2. The fourth-order valence-corrected chi connectivity index (χ4v) is 2.95. The van der Waals surface area contributed by atoms with Crippen LogP contribution >= 0.6 is 0 Å². The fourth-order valence-electron chi connectivity index (χ4n) is 2.95. The van der Waals surface area contributed by atoms with Gasteiger partial charge in [0.1, 0.15) is 5.82 Å². The second-order valence-corrected chi connectivity index (χ2v) is 5.55. The Labute approximate surface area is 118 Å². The van der Waals surface area contributed by atoms with E-state index in [1.54, 1.807) is 0 Å². The van der Waals surface area contributed by atoms with Crippen molar-refractivity contribution in [2.24, 2.45) is 0 Å². The number of benzene rings is 1. The van der Waals surface area contributed by atoms with Crippen LogP contribution in [0.25, 0.3) is 11.0 Å². The van der Waals surface area contributed by atoms with Crippen LogP contribution in [-0.4, -0.2) is 60.2 Å². The second kappa shape index (κ2) is 5.00. The first-order chi connectivity index (χ1) is 9.90. The smallest absolute Gasteiger partial charge is 0.147 e. The molecule has 20 heavy (non-hydrogen) atoms. The van der Waals surface area contributed by atoms with E-state index in [0.717, 1.165) is 62.2 Å². The second-order valence-electron chi connectivity index (χ2n) is 5.55. The van der Waals surface area contributed by atoms with Crippen molar-refractivity contribution < 1.29 is 0 Å². The summed E-state index contributed by atoms with van der Waals surface area (Å²) in [4.78, 5) is 14.2. The van der Waals surface area contributed by atoms with Crippen molar-refractivity contribution in [2.75, 3.05) is 44.2 Å². The zero-order valence-corrected chi connectivity index (χ0v) is 11.5. The Morgan fingerprint density at radius 3 is 2.45 bits per heavy atom. The van der Waals surface area contributed by atoms with E-state index in [2.05, 4.69) is 20.1 Å². The highest BCUT2D eigenvalue weighted by atomic mass is 15.3. The molecule has 1 aromatic heterocycles. The highest BCUT2D eigenvalue weighted by Gasteiger charge is 2.28. The maximum absolute atomic E-state index is 4.74. The molecule has 3 heterocycles. The van der Waals surface area contributed by atoms with Gasteiger partial charge in [0.05, 0.1) is 17.2 Å². The minimum atomic E-state index is 0.750. The van der Waals surface area contributed by atoms with Gasteiger partial charge < -0.3 is 10.2 Å². The van der Waals surface area contributed by atoms with E-state index in [0.29, 0.717) is 0 Å². The largest absolute Gasteiger partial charge is 0.353 e. The first kappa shape index (κ1) is 12.1. The summed E-state index contributed by atoms with van der Waals surface area (Å²) in [5.74, 6) is 1.01. The molecular weight excluding hydrogens is 250 g/mol. The lowest BCUT2D eigenvalue weighted by molar-refractivity contribution is 0.137. The summed E-state index contributed by atoms with van der Waals surface area (Å²) < 4.78 is 0. The third-order valence-corrected chi connectivity index (χ3v) is 4.35. The minimum absolute atomic E-state index is 0.750. The number of fused-ring (bicyclic) bond motifs is 1. The predicted octanol–water partition coefficient (Wildman–Crippen LogP) is 0.724. The molecule has 0 aliphatic carbocycles. The van der Waals surface area contributed by atoms with Gasteiger partial charge in [0.15, 0.2) is 0 Å². The SMILES string of the molecule is c1ccc2nc(N3CCN(C4CNC4)CC3)cnc2c1. The maximum atomic E-state index is 4.74. The molecule has 2 fully saturated rings. The molecule has 1 aromatic carbocycles. The molecule has 0 atom stereocenters. The Morgan fingerprint density at radius 2 is 1.75 bits per heavy atom. The molecule has 1 N–H and O–H groups in total. The zero-order chi connectivity index (χ0) is 13.4. The molecule has 0 bridgehead atoms. The molecule has 0 amide bonds. The molecule has 4 rings (SSSR count). The molecule has 0 radical (unpaired) electrons. The van der Waals surface area contributed by atoms with Crippen LogP contribution < -0.4 is 10.2 Å². The van der Waals surface area contributed by atoms with Crippen LogP contribution in [0, 0.1) is 0 Å². The molecule has 104 valence electrons. The Bertz CT molecular complexity index is 602. The lowest BCUT2D eigenvalue weighted by Gasteiger charge is -2.43. The van der Waals surface area contributed by atoms with Crippen LogP contribution in [0.15, 0.2) is 30.5 Å². The highest BCUT2D eigenvalue weighted by Crippen LogP contribution is 2.18. The number of anilines is 1.